The summed E-state index contributed by atoms with van der Waals surface area (Å²) < 4.78 is 0. The predicted octanol–water partition coefficient (Wildman–Crippen LogP) is 4.55. The smallest absolute Gasteiger partial charge is 0.307 e. The lowest BCUT2D eigenvalue weighted by atomic mass is 9.73. The second-order valence-corrected chi connectivity index (χ2v) is 5.99. The highest BCUT2D eigenvalue weighted by Gasteiger charge is 2.31. The van der Waals surface area contributed by atoms with E-state index in [4.69, 9.17) is 0 Å². The first-order valence-corrected chi connectivity index (χ1v) is 7.52. The Morgan fingerprint density at radius 2 is 1.90 bits per heavy atom. The first-order chi connectivity index (χ1) is 9.61. The Balaban J connectivity index is 1.96. The van der Waals surface area contributed by atoms with Gasteiger partial charge in [0.1, 0.15) is 0 Å². The second kappa shape index (κ2) is 6.74. The van der Waals surface area contributed by atoms with E-state index in [1.54, 1.807) is 6.08 Å². The van der Waals surface area contributed by atoms with E-state index in [-0.39, 0.29) is 5.92 Å². The van der Waals surface area contributed by atoms with Crippen LogP contribution in [0.1, 0.15) is 49.1 Å². The molecule has 1 saturated carbocycles. The van der Waals surface area contributed by atoms with Crippen LogP contribution in [0.25, 0.3) is 0 Å². The quantitative estimate of drug-likeness (QED) is 0.799. The van der Waals surface area contributed by atoms with Crippen molar-refractivity contribution >= 4 is 5.97 Å². The van der Waals surface area contributed by atoms with Crippen LogP contribution < -0.4 is 0 Å². The fraction of sp³-hybridized carbons (Fsp3) is 0.500. The summed E-state index contributed by atoms with van der Waals surface area (Å²) in [4.78, 5) is 11.3. The molecule has 0 amide bonds. The zero-order valence-electron chi connectivity index (χ0n) is 12.2. The number of allylic oxidation sites excluding steroid dienone is 1. The number of hydrogen-bond acceptors (Lipinski definition) is 1. The number of aliphatic carboxylic acids is 1. The van der Waals surface area contributed by atoms with Crippen LogP contribution in [0.15, 0.2) is 36.9 Å². The van der Waals surface area contributed by atoms with Crippen molar-refractivity contribution in [2.24, 2.45) is 11.8 Å². The van der Waals surface area contributed by atoms with Crippen LogP contribution in [-0.2, 0) is 4.79 Å². The van der Waals surface area contributed by atoms with Gasteiger partial charge < -0.3 is 5.11 Å². The molecule has 1 fully saturated rings. The maximum Gasteiger partial charge on any atom is 0.307 e. The third-order valence-electron chi connectivity index (χ3n) is 4.63. The van der Waals surface area contributed by atoms with Crippen molar-refractivity contribution in [1.82, 2.24) is 0 Å². The molecule has 1 unspecified atom stereocenters. The molecule has 0 radical (unpaired) electrons. The van der Waals surface area contributed by atoms with Crippen LogP contribution in [0.4, 0.5) is 0 Å². The number of carboxylic acid groups (broad SMARTS) is 1. The molecule has 0 saturated heterocycles. The fourth-order valence-corrected chi connectivity index (χ4v) is 3.37. The van der Waals surface area contributed by atoms with Crippen LogP contribution in [0.2, 0.25) is 0 Å². The standard InChI is InChI=1S/C18H24O2/c1-3-4-17(18(19)20)16-11-9-15(10-12-16)14-7-5-13(2)6-8-14/h3,5-8,15-17H,1,4,9-12H2,2H3,(H,19,20)/t15-,16-,17?. The summed E-state index contributed by atoms with van der Waals surface area (Å²) in [6, 6.07) is 8.77. The first kappa shape index (κ1) is 14.8. The molecule has 0 heterocycles. The van der Waals surface area contributed by atoms with Gasteiger partial charge in [-0.25, -0.2) is 0 Å². The summed E-state index contributed by atoms with van der Waals surface area (Å²) in [7, 11) is 0. The molecule has 1 aromatic rings. The molecular formula is C18H24O2. The summed E-state index contributed by atoms with van der Waals surface area (Å²) >= 11 is 0. The summed E-state index contributed by atoms with van der Waals surface area (Å²) in [6.07, 6.45) is 6.58. The van der Waals surface area contributed by atoms with Crippen molar-refractivity contribution in [3.63, 3.8) is 0 Å². The predicted molar refractivity (Wildman–Crippen MR) is 81.8 cm³/mol. The largest absolute Gasteiger partial charge is 0.481 e. The molecule has 20 heavy (non-hydrogen) atoms. The third-order valence-corrected chi connectivity index (χ3v) is 4.63. The van der Waals surface area contributed by atoms with Gasteiger partial charge in [0.25, 0.3) is 0 Å². The molecule has 1 aliphatic carbocycles. The van der Waals surface area contributed by atoms with E-state index in [0.29, 0.717) is 18.3 Å². The minimum Gasteiger partial charge on any atom is -0.481 e. The maximum absolute atomic E-state index is 11.3. The zero-order valence-corrected chi connectivity index (χ0v) is 12.2. The van der Waals surface area contributed by atoms with Crippen molar-refractivity contribution < 1.29 is 9.90 Å². The molecule has 1 aliphatic rings. The third kappa shape index (κ3) is 3.50. The van der Waals surface area contributed by atoms with Crippen LogP contribution in [0, 0.1) is 18.8 Å². The van der Waals surface area contributed by atoms with Gasteiger partial charge in [0.05, 0.1) is 5.92 Å². The number of carbonyl (C=O) groups is 1. The lowest BCUT2D eigenvalue weighted by Crippen LogP contribution is -2.26. The molecular weight excluding hydrogens is 248 g/mol. The van der Waals surface area contributed by atoms with Gasteiger partial charge in [-0.05, 0) is 56.4 Å². The highest BCUT2D eigenvalue weighted by molar-refractivity contribution is 5.70. The number of hydrogen-bond donors (Lipinski definition) is 1. The Labute approximate surface area is 121 Å². The van der Waals surface area contributed by atoms with Gasteiger partial charge in [0.2, 0.25) is 0 Å². The van der Waals surface area contributed by atoms with E-state index in [1.165, 1.54) is 11.1 Å². The topological polar surface area (TPSA) is 37.3 Å². The van der Waals surface area contributed by atoms with Gasteiger partial charge >= 0.3 is 5.97 Å². The van der Waals surface area contributed by atoms with Gasteiger partial charge in [0.15, 0.2) is 0 Å². The molecule has 1 N–H and O–H groups in total. The Morgan fingerprint density at radius 1 is 1.30 bits per heavy atom. The van der Waals surface area contributed by atoms with E-state index in [1.807, 2.05) is 0 Å². The normalized spacial score (nSPS) is 24.1. The minimum absolute atomic E-state index is 0.244. The first-order valence-electron chi connectivity index (χ1n) is 7.52. The van der Waals surface area contributed by atoms with Crippen molar-refractivity contribution in [1.29, 1.82) is 0 Å². The minimum atomic E-state index is -0.663. The van der Waals surface area contributed by atoms with Crippen molar-refractivity contribution in [2.45, 2.75) is 44.9 Å². The molecule has 2 nitrogen and oxygen atoms in total. The maximum atomic E-state index is 11.3. The average Bonchev–Trinajstić information content (AvgIpc) is 2.45. The summed E-state index contributed by atoms with van der Waals surface area (Å²) in [5, 5.41) is 9.32. The summed E-state index contributed by atoms with van der Waals surface area (Å²) in [5.41, 5.74) is 2.70. The highest BCUT2D eigenvalue weighted by Crippen LogP contribution is 2.39. The molecule has 108 valence electrons. The van der Waals surface area contributed by atoms with E-state index in [0.717, 1.165) is 25.7 Å². The molecule has 1 aromatic carbocycles. The van der Waals surface area contributed by atoms with Gasteiger partial charge in [-0.2, -0.15) is 0 Å². The molecule has 1 atom stereocenters. The van der Waals surface area contributed by atoms with E-state index in [9.17, 15) is 9.90 Å². The summed E-state index contributed by atoms with van der Waals surface area (Å²) in [5.74, 6) is 0.00683. The lowest BCUT2D eigenvalue weighted by Gasteiger charge is -2.32. The Bertz CT molecular complexity index is 453. The fourth-order valence-electron chi connectivity index (χ4n) is 3.37. The van der Waals surface area contributed by atoms with Gasteiger partial charge in [-0.3, -0.25) is 4.79 Å². The van der Waals surface area contributed by atoms with Gasteiger partial charge in [-0.1, -0.05) is 35.9 Å². The monoisotopic (exact) mass is 272 g/mol. The number of benzene rings is 1. The van der Waals surface area contributed by atoms with Crippen LogP contribution in [-0.4, -0.2) is 11.1 Å². The molecule has 0 aromatic heterocycles. The molecule has 0 spiro atoms. The zero-order chi connectivity index (χ0) is 14.5. The van der Waals surface area contributed by atoms with Crippen LogP contribution in [0.3, 0.4) is 0 Å². The van der Waals surface area contributed by atoms with Crippen LogP contribution in [0.5, 0.6) is 0 Å². The van der Waals surface area contributed by atoms with Gasteiger partial charge in [0, 0.05) is 0 Å². The lowest BCUT2D eigenvalue weighted by molar-refractivity contribution is -0.144. The molecule has 0 aliphatic heterocycles. The Kier molecular flexibility index (Phi) is 4.99. The highest BCUT2D eigenvalue weighted by atomic mass is 16.4. The average molecular weight is 272 g/mol. The Hall–Kier alpha value is -1.57. The number of rotatable bonds is 5. The van der Waals surface area contributed by atoms with Gasteiger partial charge in [-0.15, -0.1) is 6.58 Å². The van der Waals surface area contributed by atoms with Crippen LogP contribution >= 0.6 is 0 Å². The van der Waals surface area contributed by atoms with Crippen molar-refractivity contribution in [3.05, 3.63) is 48.0 Å². The molecule has 0 bridgehead atoms. The number of aryl methyl sites for hydroxylation is 1. The Morgan fingerprint density at radius 3 is 2.40 bits per heavy atom. The SMILES string of the molecule is C=CCC(C(=O)O)[C@H]1CC[C@H](c2ccc(C)cc2)CC1. The molecule has 2 heteroatoms. The summed E-state index contributed by atoms with van der Waals surface area (Å²) in [6.45, 7) is 5.79. The van der Waals surface area contributed by atoms with Crippen molar-refractivity contribution in [3.8, 4) is 0 Å². The van der Waals surface area contributed by atoms with E-state index < -0.39 is 5.97 Å². The number of carboxylic acids is 1. The van der Waals surface area contributed by atoms with E-state index in [2.05, 4.69) is 37.8 Å². The van der Waals surface area contributed by atoms with E-state index >= 15 is 0 Å². The molecule has 2 rings (SSSR count). The van der Waals surface area contributed by atoms with Crippen molar-refractivity contribution in [2.75, 3.05) is 0 Å². The second-order valence-electron chi connectivity index (χ2n) is 5.99.